The molecule has 0 spiro atoms. The second kappa shape index (κ2) is 13.0. The molecular weight excluding hydrogens is 448 g/mol. The van der Waals surface area contributed by atoms with Crippen LogP contribution in [0, 0.1) is 0 Å². The Balaban J connectivity index is 1.83. The molecule has 0 radical (unpaired) electrons. The van der Waals surface area contributed by atoms with Crippen molar-refractivity contribution >= 4 is 22.9 Å². The Kier molecular flexibility index (Phi) is 10.1. The molecule has 186 valence electrons. The molecule has 1 aliphatic rings. The largest absolute Gasteiger partial charge is 0.507 e. The number of thiophene rings is 1. The van der Waals surface area contributed by atoms with Crippen molar-refractivity contribution < 1.29 is 19.7 Å². The number of carbonyl (C=O) groups is 1. The SMILES string of the molecule is CCCCN(CCCC)CCCN1[C@@H](c2cccs2)C(=C(O)c2ccc(OC)cc2)C(=O)[C@@H]1O. The second-order valence-electron chi connectivity index (χ2n) is 8.79. The van der Waals surface area contributed by atoms with Crippen LogP contribution in [0.3, 0.4) is 0 Å². The summed E-state index contributed by atoms with van der Waals surface area (Å²) in [5, 5.41) is 24.0. The molecule has 1 aromatic carbocycles. The van der Waals surface area contributed by atoms with Crippen LogP contribution in [0.15, 0.2) is 47.4 Å². The van der Waals surface area contributed by atoms with Gasteiger partial charge in [-0.1, -0.05) is 32.8 Å². The summed E-state index contributed by atoms with van der Waals surface area (Å²) in [6, 6.07) is 10.4. The molecule has 0 saturated carbocycles. The maximum Gasteiger partial charge on any atom is 0.208 e. The van der Waals surface area contributed by atoms with Gasteiger partial charge in [0.15, 0.2) is 6.23 Å². The zero-order chi connectivity index (χ0) is 24.5. The molecule has 2 N–H and O–H groups in total. The van der Waals surface area contributed by atoms with Crippen molar-refractivity contribution in [3.8, 4) is 5.75 Å². The number of ether oxygens (including phenoxy) is 1. The summed E-state index contributed by atoms with van der Waals surface area (Å²) in [6.07, 6.45) is 4.27. The van der Waals surface area contributed by atoms with Gasteiger partial charge >= 0.3 is 0 Å². The number of ketones is 1. The molecule has 1 aromatic heterocycles. The van der Waals surface area contributed by atoms with E-state index in [1.165, 1.54) is 37.0 Å². The number of hydrogen-bond donors (Lipinski definition) is 2. The van der Waals surface area contributed by atoms with Gasteiger partial charge in [-0.15, -0.1) is 11.3 Å². The van der Waals surface area contributed by atoms with Crippen molar-refractivity contribution in [2.75, 3.05) is 33.3 Å². The van der Waals surface area contributed by atoms with E-state index in [0.29, 0.717) is 17.9 Å². The van der Waals surface area contributed by atoms with Crippen LogP contribution >= 0.6 is 11.3 Å². The van der Waals surface area contributed by atoms with E-state index in [2.05, 4.69) is 18.7 Å². The van der Waals surface area contributed by atoms with Crippen molar-refractivity contribution in [3.05, 3.63) is 57.8 Å². The maximum atomic E-state index is 13.2. The fraction of sp³-hybridized carbons (Fsp3) is 0.519. The van der Waals surface area contributed by atoms with Gasteiger partial charge in [-0.3, -0.25) is 9.69 Å². The average molecular weight is 487 g/mol. The van der Waals surface area contributed by atoms with Crippen LogP contribution < -0.4 is 4.74 Å². The highest BCUT2D eigenvalue weighted by Crippen LogP contribution is 2.42. The number of unbranched alkanes of at least 4 members (excludes halogenated alkanes) is 2. The smallest absolute Gasteiger partial charge is 0.208 e. The summed E-state index contributed by atoms with van der Waals surface area (Å²) >= 11 is 1.53. The third kappa shape index (κ3) is 6.27. The minimum atomic E-state index is -1.26. The van der Waals surface area contributed by atoms with Gasteiger partial charge in [0.2, 0.25) is 5.78 Å². The number of hydrogen-bond acceptors (Lipinski definition) is 7. The average Bonchev–Trinajstić information content (AvgIpc) is 3.47. The van der Waals surface area contributed by atoms with E-state index in [9.17, 15) is 15.0 Å². The lowest BCUT2D eigenvalue weighted by Gasteiger charge is -2.28. The topological polar surface area (TPSA) is 73.2 Å². The van der Waals surface area contributed by atoms with Crippen molar-refractivity contribution in [2.24, 2.45) is 0 Å². The van der Waals surface area contributed by atoms with E-state index >= 15 is 0 Å². The van der Waals surface area contributed by atoms with Crippen molar-refractivity contribution in [2.45, 2.75) is 58.2 Å². The number of aliphatic hydroxyl groups excluding tert-OH is 2. The standard InChI is InChI=1S/C27H38N2O4S/c1-4-6-15-28(16-7-5-2)17-9-18-29-24(22-10-8-19-34-22)23(26(31)27(29)32)25(30)20-11-13-21(33-3)14-12-20/h8,10-14,19,24,27,30,32H,4-7,9,15-18H2,1-3H3/t24-,27-/m0/s1. The Labute approximate surface area is 207 Å². The number of carbonyl (C=O) groups excluding carboxylic acids is 1. The third-order valence-corrected chi connectivity index (χ3v) is 7.32. The molecule has 2 aromatic rings. The van der Waals surface area contributed by atoms with E-state index < -0.39 is 18.1 Å². The first-order valence-electron chi connectivity index (χ1n) is 12.3. The molecule has 7 heteroatoms. The van der Waals surface area contributed by atoms with Gasteiger partial charge in [0.05, 0.1) is 18.7 Å². The first kappa shape index (κ1) is 26.4. The number of rotatable bonds is 13. The number of likely N-dealkylation sites (tertiary alicyclic amines) is 1. The van der Waals surface area contributed by atoms with Crippen molar-refractivity contribution in [1.29, 1.82) is 0 Å². The fourth-order valence-electron chi connectivity index (χ4n) is 4.46. The first-order valence-corrected chi connectivity index (χ1v) is 13.2. The quantitative estimate of drug-likeness (QED) is 0.297. The minimum Gasteiger partial charge on any atom is -0.507 e. The predicted octanol–water partition coefficient (Wildman–Crippen LogP) is 5.26. The molecule has 3 rings (SSSR count). The van der Waals surface area contributed by atoms with Gasteiger partial charge in [-0.05, 0) is 74.6 Å². The van der Waals surface area contributed by atoms with Crippen LogP contribution in [0.5, 0.6) is 5.75 Å². The minimum absolute atomic E-state index is 0.0832. The lowest BCUT2D eigenvalue weighted by atomic mass is 9.99. The van der Waals surface area contributed by atoms with E-state index in [1.54, 1.807) is 31.4 Å². The highest BCUT2D eigenvalue weighted by Gasteiger charge is 2.46. The molecular formula is C27H38N2O4S. The predicted molar refractivity (Wildman–Crippen MR) is 138 cm³/mol. The third-order valence-electron chi connectivity index (χ3n) is 6.40. The Hall–Kier alpha value is -2.19. The van der Waals surface area contributed by atoms with E-state index in [0.717, 1.165) is 30.9 Å². The number of benzene rings is 1. The van der Waals surface area contributed by atoms with Crippen LogP contribution in [-0.2, 0) is 4.79 Å². The molecule has 34 heavy (non-hydrogen) atoms. The van der Waals surface area contributed by atoms with Gasteiger partial charge < -0.3 is 19.8 Å². The summed E-state index contributed by atoms with van der Waals surface area (Å²) in [5.74, 6) is 0.159. The molecule has 2 atom stereocenters. The maximum absolute atomic E-state index is 13.2. The zero-order valence-electron chi connectivity index (χ0n) is 20.6. The number of aliphatic hydroxyl groups is 2. The number of methoxy groups -OCH3 is 1. The summed E-state index contributed by atoms with van der Waals surface area (Å²) in [7, 11) is 1.58. The van der Waals surface area contributed by atoms with Gasteiger partial charge in [0, 0.05) is 17.0 Å². The molecule has 1 aliphatic heterocycles. The lowest BCUT2D eigenvalue weighted by Crippen LogP contribution is -2.37. The van der Waals surface area contributed by atoms with E-state index in [1.807, 2.05) is 22.4 Å². The molecule has 1 saturated heterocycles. The van der Waals surface area contributed by atoms with Gasteiger partial charge in [-0.25, -0.2) is 0 Å². The fourth-order valence-corrected chi connectivity index (χ4v) is 5.32. The van der Waals surface area contributed by atoms with Gasteiger partial charge in [-0.2, -0.15) is 0 Å². The van der Waals surface area contributed by atoms with Crippen LogP contribution in [-0.4, -0.2) is 65.3 Å². The van der Waals surface area contributed by atoms with Gasteiger partial charge in [0.1, 0.15) is 11.5 Å². The van der Waals surface area contributed by atoms with Crippen LogP contribution in [0.4, 0.5) is 0 Å². The Morgan fingerprint density at radius 2 is 1.71 bits per heavy atom. The van der Waals surface area contributed by atoms with Gasteiger partial charge in [0.25, 0.3) is 0 Å². The molecule has 0 unspecified atom stereocenters. The molecule has 2 heterocycles. The highest BCUT2D eigenvalue weighted by atomic mass is 32.1. The highest BCUT2D eigenvalue weighted by molar-refractivity contribution is 7.10. The van der Waals surface area contributed by atoms with Crippen LogP contribution in [0.25, 0.3) is 5.76 Å². The molecule has 0 bridgehead atoms. The van der Waals surface area contributed by atoms with Crippen LogP contribution in [0.2, 0.25) is 0 Å². The molecule has 6 nitrogen and oxygen atoms in total. The molecule has 1 fully saturated rings. The Morgan fingerprint density at radius 3 is 2.26 bits per heavy atom. The van der Waals surface area contributed by atoms with E-state index in [-0.39, 0.29) is 11.3 Å². The number of nitrogens with zero attached hydrogens (tertiary/aromatic N) is 2. The van der Waals surface area contributed by atoms with Crippen LogP contribution in [0.1, 0.15) is 62.4 Å². The summed E-state index contributed by atoms with van der Waals surface area (Å²) in [5.41, 5.74) is 0.791. The summed E-state index contributed by atoms with van der Waals surface area (Å²) in [6.45, 7) is 8.07. The van der Waals surface area contributed by atoms with E-state index in [4.69, 9.17) is 4.74 Å². The molecule has 0 amide bonds. The van der Waals surface area contributed by atoms with Crippen molar-refractivity contribution in [1.82, 2.24) is 9.80 Å². The summed E-state index contributed by atoms with van der Waals surface area (Å²) < 4.78 is 5.21. The number of Topliss-reactive ketones (excluding diaryl/α,β-unsaturated/α-hetero) is 1. The monoisotopic (exact) mass is 486 g/mol. The zero-order valence-corrected chi connectivity index (χ0v) is 21.4. The second-order valence-corrected chi connectivity index (χ2v) is 9.77. The normalized spacial score (nSPS) is 20.3. The Bertz CT molecular complexity index is 919. The summed E-state index contributed by atoms with van der Waals surface area (Å²) in [4.78, 5) is 18.5. The Morgan fingerprint density at radius 1 is 1.06 bits per heavy atom. The molecule has 0 aliphatic carbocycles. The first-order chi connectivity index (χ1) is 16.5. The lowest BCUT2D eigenvalue weighted by molar-refractivity contribution is -0.127. The van der Waals surface area contributed by atoms with Crippen molar-refractivity contribution in [3.63, 3.8) is 0 Å².